The van der Waals surface area contributed by atoms with Crippen molar-refractivity contribution in [3.63, 3.8) is 0 Å². The standard InChI is InChI=1S/C25H27BO2.C19H17ClO.C19H15Cl.C18H13ClO2.C10H9BO2.C8H6Cl2O2/c1-23(2)19-12-9-13-20(26-27-24(3,4)25(5,6)28-26)21(19)18-15-14-16-10-7-8-11-17(16)22(18)23;1-19(2,21)16-8-5-9-17(20)18(16)15-11-10-13-6-3-4-7-14(13)12-15;1-19(2)15-8-5-9-16(20)17(15)14-11-10-12-6-3-4-7-13(12)18(14)19;1-21-18(20)15-7-4-8-16(19)17(15)14-10-9-12-5-2-3-6-13(12)11-14;12-11(13)10-6-5-8-3-1-2-4-9(8)7-10;1-12-8(11)5-3-2-4-6(9)7(5)10/h7-15H,1-6H3;3-12,21H,1-2H3;3-11H,1-2H3;2-11H,1H3;1-7,12-13H;2-4H,1H3. The van der Waals surface area contributed by atoms with E-state index in [1.54, 1.807) is 62.4 Å². The van der Waals surface area contributed by atoms with Crippen LogP contribution >= 0.6 is 58.0 Å². The Kier molecular flexibility index (Phi) is 24.5. The maximum atomic E-state index is 11.9. The van der Waals surface area contributed by atoms with Crippen LogP contribution in [0.5, 0.6) is 0 Å². The Morgan fingerprint density at radius 1 is 0.383 bits per heavy atom. The van der Waals surface area contributed by atoms with E-state index in [1.165, 1.54) is 85.7 Å². The normalized spacial score (nSPS) is 14.0. The molecule has 15 aromatic carbocycles. The summed E-state index contributed by atoms with van der Waals surface area (Å²) in [5.74, 6) is -0.872. The summed E-state index contributed by atoms with van der Waals surface area (Å²) < 4.78 is 22.2. The molecule has 578 valence electrons. The lowest BCUT2D eigenvalue weighted by Gasteiger charge is -2.32. The zero-order chi connectivity index (χ0) is 82.1. The highest BCUT2D eigenvalue weighted by molar-refractivity contribution is 6.64. The lowest BCUT2D eigenvalue weighted by atomic mass is 9.73. The molecule has 2 aliphatic carbocycles. The number of rotatable bonds is 7. The van der Waals surface area contributed by atoms with E-state index in [-0.39, 0.29) is 45.7 Å². The van der Waals surface area contributed by atoms with E-state index >= 15 is 0 Å². The third kappa shape index (κ3) is 16.9. The number of hydrogen-bond donors (Lipinski definition) is 3. The molecular weight excluding hydrogens is 1530 g/mol. The van der Waals surface area contributed by atoms with Crippen LogP contribution in [0.3, 0.4) is 0 Å². The monoisotopic (exact) mass is 1620 g/mol. The molecule has 115 heavy (non-hydrogen) atoms. The zero-order valence-corrected chi connectivity index (χ0v) is 69.8. The predicted molar refractivity (Wildman–Crippen MR) is 481 cm³/mol. The molecule has 3 N–H and O–H groups in total. The molecule has 0 saturated carbocycles. The summed E-state index contributed by atoms with van der Waals surface area (Å²) >= 11 is 30.6. The largest absolute Gasteiger partial charge is 0.495 e. The second kappa shape index (κ2) is 34.0. The number of esters is 2. The van der Waals surface area contributed by atoms with Crippen molar-refractivity contribution in [2.24, 2.45) is 0 Å². The minimum absolute atomic E-state index is 0.00354. The van der Waals surface area contributed by atoms with Crippen LogP contribution in [0, 0.1) is 0 Å². The van der Waals surface area contributed by atoms with Gasteiger partial charge in [-0.25, -0.2) is 9.59 Å². The van der Waals surface area contributed by atoms with E-state index < -0.39 is 18.7 Å². The fourth-order valence-corrected chi connectivity index (χ4v) is 16.9. The SMILES string of the molecule is CC(C)(O)c1cccc(Cl)c1-c1ccc2ccccc2c1.CC1(C)c2cccc(B3OC(C)(C)C(C)(C)O3)c2-c2ccc3ccccc3c21.CC1(C)c2cccc(Cl)c2-c2ccc3ccccc3c21.COC(=O)c1cccc(Cl)c1-c1ccc2ccccc2c1.COC(=O)c1cccc(Cl)c1Cl.OB(O)c1ccc2ccccc2c1. The number of carbonyl (C=O) groups excluding carboxylic acids is 2. The molecule has 0 bridgehead atoms. The molecule has 0 aromatic heterocycles. The number of fused-ring (bicyclic) bond motifs is 13. The van der Waals surface area contributed by atoms with Crippen molar-refractivity contribution >= 4 is 149 Å². The van der Waals surface area contributed by atoms with E-state index in [1.807, 2.05) is 109 Å². The van der Waals surface area contributed by atoms with Gasteiger partial charge in [-0.2, -0.15) is 0 Å². The number of hydrogen-bond acceptors (Lipinski definition) is 9. The molecule has 0 amide bonds. The van der Waals surface area contributed by atoms with Crippen molar-refractivity contribution in [2.75, 3.05) is 14.2 Å². The molecule has 0 spiro atoms. The van der Waals surface area contributed by atoms with Gasteiger partial charge in [-0.3, -0.25) is 0 Å². The van der Waals surface area contributed by atoms with Crippen molar-refractivity contribution in [1.82, 2.24) is 0 Å². The lowest BCUT2D eigenvalue weighted by Crippen LogP contribution is -2.41. The van der Waals surface area contributed by atoms with Crippen LogP contribution in [-0.4, -0.2) is 66.8 Å². The smallest absolute Gasteiger partial charge is 0.465 e. The predicted octanol–water partition coefficient (Wildman–Crippen LogP) is 24.9. The number of halogens is 5. The van der Waals surface area contributed by atoms with Crippen molar-refractivity contribution in [1.29, 1.82) is 0 Å². The minimum Gasteiger partial charge on any atom is -0.465 e. The van der Waals surface area contributed by atoms with Crippen LogP contribution in [-0.2, 0) is 35.2 Å². The van der Waals surface area contributed by atoms with Crippen molar-refractivity contribution < 1.29 is 43.5 Å². The highest BCUT2D eigenvalue weighted by Gasteiger charge is 2.53. The first-order valence-electron chi connectivity index (χ1n) is 37.9. The number of ether oxygens (including phenoxy) is 2. The minimum atomic E-state index is -1.38. The Morgan fingerprint density at radius 2 is 0.757 bits per heavy atom. The molecule has 1 aliphatic heterocycles. The summed E-state index contributed by atoms with van der Waals surface area (Å²) in [6.07, 6.45) is 0. The quantitative estimate of drug-likeness (QED) is 0.105. The Hall–Kier alpha value is -10.1. The molecule has 3 aliphatic rings. The number of benzene rings is 15. The van der Waals surface area contributed by atoms with Gasteiger partial charge in [-0.15, -0.1) is 0 Å². The molecule has 1 fully saturated rings. The van der Waals surface area contributed by atoms with Crippen molar-refractivity contribution in [3.05, 3.63) is 355 Å². The van der Waals surface area contributed by atoms with Crippen LogP contribution < -0.4 is 10.9 Å². The van der Waals surface area contributed by atoms with Gasteiger partial charge in [0.1, 0.15) is 0 Å². The number of carbonyl (C=O) groups is 2. The molecular formula is C99H87B2Cl5O9. The van der Waals surface area contributed by atoms with Gasteiger partial charge in [0.25, 0.3) is 0 Å². The fraction of sp³-hybridized carbons (Fsp3) is 0.172. The van der Waals surface area contributed by atoms with Crippen LogP contribution in [0.25, 0.3) is 98.4 Å². The molecule has 18 rings (SSSR count). The third-order valence-corrected chi connectivity index (χ3v) is 24.0. The first kappa shape index (κ1) is 82.9. The average molecular weight is 1620 g/mol. The molecule has 16 heteroatoms. The van der Waals surface area contributed by atoms with Crippen LogP contribution in [0.4, 0.5) is 0 Å². The Labute approximate surface area is 698 Å². The Bertz CT molecular complexity index is 6190. The van der Waals surface area contributed by atoms with Gasteiger partial charge in [0.15, 0.2) is 0 Å². The van der Waals surface area contributed by atoms with Crippen LogP contribution in [0.2, 0.25) is 25.1 Å². The van der Waals surface area contributed by atoms with Crippen LogP contribution in [0.1, 0.15) is 118 Å². The van der Waals surface area contributed by atoms with Crippen LogP contribution in [0.15, 0.2) is 291 Å². The molecule has 1 heterocycles. The van der Waals surface area contributed by atoms with E-state index in [2.05, 4.69) is 194 Å². The molecule has 0 radical (unpaired) electrons. The summed E-state index contributed by atoms with van der Waals surface area (Å²) in [6, 6.07) is 96.5. The summed E-state index contributed by atoms with van der Waals surface area (Å²) in [5.41, 5.74) is 15.7. The van der Waals surface area contributed by atoms with E-state index in [0.717, 1.165) is 59.7 Å². The summed E-state index contributed by atoms with van der Waals surface area (Å²) in [7, 11) is 0.922. The Morgan fingerprint density at radius 3 is 1.25 bits per heavy atom. The van der Waals surface area contributed by atoms with Gasteiger partial charge >= 0.3 is 26.2 Å². The van der Waals surface area contributed by atoms with E-state index in [0.29, 0.717) is 31.7 Å². The average Bonchev–Trinajstić information content (AvgIpc) is 1.61. The second-order valence-corrected chi connectivity index (χ2v) is 33.3. The van der Waals surface area contributed by atoms with Gasteiger partial charge < -0.3 is 33.9 Å². The number of aliphatic hydroxyl groups is 1. The molecule has 15 aromatic rings. The maximum absolute atomic E-state index is 11.9. The zero-order valence-electron chi connectivity index (χ0n) is 66.0. The summed E-state index contributed by atoms with van der Waals surface area (Å²) in [5, 5.41) is 42.9. The topological polar surface area (TPSA) is 132 Å². The first-order chi connectivity index (χ1) is 54.8. The maximum Gasteiger partial charge on any atom is 0.495 e. The fourth-order valence-electron chi connectivity index (χ4n) is 15.7. The number of methoxy groups -OCH3 is 2. The summed E-state index contributed by atoms with van der Waals surface area (Å²) in [6.45, 7) is 21.3. The van der Waals surface area contributed by atoms with Gasteiger partial charge in [0.05, 0.1) is 52.2 Å². The van der Waals surface area contributed by atoms with Crippen molar-refractivity contribution in [2.45, 2.75) is 96.9 Å². The molecule has 0 atom stereocenters. The second-order valence-electron chi connectivity index (χ2n) is 31.3. The molecule has 9 nitrogen and oxygen atoms in total. The highest BCUT2D eigenvalue weighted by Crippen LogP contribution is 2.55. The first-order valence-corrected chi connectivity index (χ1v) is 39.8. The third-order valence-electron chi connectivity index (χ3n) is 22.2. The Balaban J connectivity index is 0.000000123. The van der Waals surface area contributed by atoms with Gasteiger partial charge in [-0.05, 0) is 210 Å². The molecule has 0 unspecified atom stereocenters. The molecule has 1 saturated heterocycles. The highest BCUT2D eigenvalue weighted by atomic mass is 35.5. The summed E-state index contributed by atoms with van der Waals surface area (Å²) in [4.78, 5) is 23.0. The van der Waals surface area contributed by atoms with Gasteiger partial charge in [-0.1, -0.05) is 328 Å². The van der Waals surface area contributed by atoms with Crippen molar-refractivity contribution in [3.8, 4) is 44.5 Å². The van der Waals surface area contributed by atoms with Gasteiger partial charge in [0, 0.05) is 42.6 Å². The van der Waals surface area contributed by atoms with E-state index in [9.17, 15) is 14.7 Å². The van der Waals surface area contributed by atoms with Gasteiger partial charge in [0.2, 0.25) is 0 Å². The van der Waals surface area contributed by atoms with E-state index in [4.69, 9.17) is 82.1 Å². The lowest BCUT2D eigenvalue weighted by molar-refractivity contribution is 0.00578.